The second-order valence-electron chi connectivity index (χ2n) is 2.88. The molecule has 0 bridgehead atoms. The first-order chi connectivity index (χ1) is 7.77. The molecular formula is C15H20O. The van der Waals surface area contributed by atoms with Crippen molar-refractivity contribution in [3.63, 3.8) is 0 Å². The molecule has 0 amide bonds. The molecule has 86 valence electrons. The van der Waals surface area contributed by atoms with Crippen molar-refractivity contribution in [2.75, 3.05) is 0 Å². The third-order valence-electron chi connectivity index (χ3n) is 1.80. The third-order valence-corrected chi connectivity index (χ3v) is 1.80. The number of allylic oxidation sites excluding steroid dienone is 3. The standard InChI is InChI=1S/C13H14O.C2H6/c1-4-8-12(5-2)14-13-10-7-6-9-11(13)3;1-2/h4-10H,1-2H2,3H3;1-2H3/b12-8+;. The second-order valence-corrected chi connectivity index (χ2v) is 2.88. The van der Waals surface area contributed by atoms with E-state index in [1.54, 1.807) is 18.2 Å². The number of hydrogen-bond acceptors (Lipinski definition) is 1. The Kier molecular flexibility index (Phi) is 7.60. The van der Waals surface area contributed by atoms with Crippen LogP contribution in [0.2, 0.25) is 0 Å². The smallest absolute Gasteiger partial charge is 0.130 e. The molecule has 0 saturated heterocycles. The number of benzene rings is 1. The molecule has 1 aromatic rings. The van der Waals surface area contributed by atoms with Gasteiger partial charge in [-0.2, -0.15) is 0 Å². The van der Waals surface area contributed by atoms with Gasteiger partial charge < -0.3 is 4.74 Å². The molecule has 16 heavy (non-hydrogen) atoms. The van der Waals surface area contributed by atoms with E-state index < -0.39 is 0 Å². The molecule has 0 saturated carbocycles. The van der Waals surface area contributed by atoms with Crippen molar-refractivity contribution in [2.24, 2.45) is 0 Å². The highest BCUT2D eigenvalue weighted by atomic mass is 16.5. The Labute approximate surface area is 98.8 Å². The van der Waals surface area contributed by atoms with Crippen LogP contribution in [0.3, 0.4) is 0 Å². The van der Waals surface area contributed by atoms with E-state index in [1.807, 2.05) is 45.0 Å². The van der Waals surface area contributed by atoms with Crippen LogP contribution in [-0.4, -0.2) is 0 Å². The lowest BCUT2D eigenvalue weighted by Gasteiger charge is -2.07. The van der Waals surface area contributed by atoms with Crippen molar-refractivity contribution >= 4 is 0 Å². The van der Waals surface area contributed by atoms with E-state index in [-0.39, 0.29) is 0 Å². The van der Waals surface area contributed by atoms with Gasteiger partial charge in [0.05, 0.1) is 0 Å². The predicted molar refractivity (Wildman–Crippen MR) is 71.6 cm³/mol. The first-order valence-electron chi connectivity index (χ1n) is 5.46. The molecule has 0 radical (unpaired) electrons. The largest absolute Gasteiger partial charge is 0.457 e. The van der Waals surface area contributed by atoms with Gasteiger partial charge in [-0.1, -0.05) is 51.3 Å². The minimum atomic E-state index is 0.703. The summed E-state index contributed by atoms with van der Waals surface area (Å²) in [6.07, 6.45) is 5.11. The van der Waals surface area contributed by atoms with Crippen molar-refractivity contribution in [1.29, 1.82) is 0 Å². The molecule has 0 aliphatic carbocycles. The molecule has 1 heteroatoms. The van der Waals surface area contributed by atoms with E-state index in [9.17, 15) is 0 Å². The van der Waals surface area contributed by atoms with Gasteiger partial charge in [-0.05, 0) is 30.7 Å². The summed E-state index contributed by atoms with van der Waals surface area (Å²) in [7, 11) is 0. The Morgan fingerprint density at radius 2 is 1.81 bits per heavy atom. The highest BCUT2D eigenvalue weighted by Crippen LogP contribution is 2.19. The van der Waals surface area contributed by atoms with Crippen molar-refractivity contribution in [2.45, 2.75) is 20.8 Å². The Bertz CT molecular complexity index is 361. The maximum Gasteiger partial charge on any atom is 0.130 e. The minimum absolute atomic E-state index is 0.703. The fraction of sp³-hybridized carbons (Fsp3) is 0.200. The van der Waals surface area contributed by atoms with Crippen LogP contribution in [0.4, 0.5) is 0 Å². The summed E-state index contributed by atoms with van der Waals surface area (Å²) in [5, 5.41) is 0. The zero-order chi connectivity index (χ0) is 12.4. The highest BCUT2D eigenvalue weighted by Gasteiger charge is 1.98. The Hall–Kier alpha value is -1.76. The zero-order valence-electron chi connectivity index (χ0n) is 10.4. The molecule has 0 aliphatic rings. The predicted octanol–water partition coefficient (Wildman–Crippen LogP) is 4.66. The molecule has 0 spiro atoms. The second kappa shape index (κ2) is 8.54. The summed E-state index contributed by atoms with van der Waals surface area (Å²) >= 11 is 0. The molecule has 0 N–H and O–H groups in total. The molecular weight excluding hydrogens is 196 g/mol. The molecule has 0 aromatic heterocycles. The molecule has 0 fully saturated rings. The number of para-hydroxylation sites is 1. The van der Waals surface area contributed by atoms with Gasteiger partial charge in [0.25, 0.3) is 0 Å². The van der Waals surface area contributed by atoms with Crippen molar-refractivity contribution in [3.05, 3.63) is 67.0 Å². The number of ether oxygens (including phenoxy) is 1. The number of rotatable bonds is 4. The Balaban J connectivity index is 0.00000106. The number of hydrogen-bond donors (Lipinski definition) is 0. The summed E-state index contributed by atoms with van der Waals surface area (Å²) in [6, 6.07) is 7.85. The topological polar surface area (TPSA) is 9.23 Å². The average Bonchev–Trinajstić information content (AvgIpc) is 2.34. The summed E-state index contributed by atoms with van der Waals surface area (Å²) in [5.41, 5.74) is 1.10. The van der Waals surface area contributed by atoms with Crippen molar-refractivity contribution in [1.82, 2.24) is 0 Å². The van der Waals surface area contributed by atoms with Gasteiger partial charge in [0.15, 0.2) is 0 Å². The van der Waals surface area contributed by atoms with Gasteiger partial charge in [-0.25, -0.2) is 0 Å². The molecule has 0 unspecified atom stereocenters. The van der Waals surface area contributed by atoms with Crippen LogP contribution in [0.15, 0.2) is 61.4 Å². The minimum Gasteiger partial charge on any atom is -0.457 e. The molecule has 1 aromatic carbocycles. The lowest BCUT2D eigenvalue weighted by atomic mass is 10.2. The van der Waals surface area contributed by atoms with E-state index in [0.29, 0.717) is 5.76 Å². The van der Waals surface area contributed by atoms with Gasteiger partial charge in [0.2, 0.25) is 0 Å². The van der Waals surface area contributed by atoms with Crippen molar-refractivity contribution in [3.8, 4) is 5.75 Å². The van der Waals surface area contributed by atoms with Crippen molar-refractivity contribution < 1.29 is 4.74 Å². The maximum atomic E-state index is 5.61. The SMILES string of the molecule is C=C/C=C(\C=C)Oc1ccccc1C.CC. The monoisotopic (exact) mass is 216 g/mol. The molecule has 0 atom stereocenters. The first-order valence-corrected chi connectivity index (χ1v) is 5.46. The van der Waals surface area contributed by atoms with E-state index in [2.05, 4.69) is 13.2 Å². The lowest BCUT2D eigenvalue weighted by molar-refractivity contribution is 0.441. The fourth-order valence-corrected chi connectivity index (χ4v) is 1.06. The van der Waals surface area contributed by atoms with Crippen LogP contribution in [0.25, 0.3) is 0 Å². The molecule has 0 aliphatic heterocycles. The van der Waals surface area contributed by atoms with Crippen LogP contribution < -0.4 is 4.74 Å². The Morgan fingerprint density at radius 3 is 2.31 bits per heavy atom. The number of aryl methyl sites for hydroxylation is 1. The van der Waals surface area contributed by atoms with E-state index in [0.717, 1.165) is 11.3 Å². The van der Waals surface area contributed by atoms with E-state index in [4.69, 9.17) is 4.74 Å². The fourth-order valence-electron chi connectivity index (χ4n) is 1.06. The molecule has 1 rings (SSSR count). The average molecular weight is 216 g/mol. The van der Waals surface area contributed by atoms with Gasteiger partial charge in [0, 0.05) is 0 Å². The quantitative estimate of drug-likeness (QED) is 0.525. The summed E-state index contributed by atoms with van der Waals surface area (Å²) in [5.74, 6) is 1.55. The third kappa shape index (κ3) is 4.65. The van der Waals surface area contributed by atoms with E-state index in [1.165, 1.54) is 0 Å². The van der Waals surface area contributed by atoms with Crippen LogP contribution in [0, 0.1) is 6.92 Å². The summed E-state index contributed by atoms with van der Waals surface area (Å²) < 4.78 is 5.61. The summed E-state index contributed by atoms with van der Waals surface area (Å²) in [6.45, 7) is 13.3. The zero-order valence-corrected chi connectivity index (χ0v) is 10.4. The Morgan fingerprint density at radius 1 is 1.19 bits per heavy atom. The maximum absolute atomic E-state index is 5.61. The molecule has 0 heterocycles. The first kappa shape index (κ1) is 14.2. The van der Waals surface area contributed by atoms with Crippen LogP contribution in [0.1, 0.15) is 19.4 Å². The highest BCUT2D eigenvalue weighted by molar-refractivity contribution is 5.34. The van der Waals surface area contributed by atoms with E-state index >= 15 is 0 Å². The lowest BCUT2D eigenvalue weighted by Crippen LogP contribution is -1.93. The normalized spacial score (nSPS) is 9.81. The van der Waals surface area contributed by atoms with Gasteiger partial charge >= 0.3 is 0 Å². The molecule has 1 nitrogen and oxygen atoms in total. The van der Waals surface area contributed by atoms with Crippen LogP contribution in [0.5, 0.6) is 5.75 Å². The van der Waals surface area contributed by atoms with Gasteiger partial charge in [-0.3, -0.25) is 0 Å². The van der Waals surface area contributed by atoms with Crippen LogP contribution >= 0.6 is 0 Å². The van der Waals surface area contributed by atoms with Gasteiger partial charge in [0.1, 0.15) is 11.5 Å². The summed E-state index contributed by atoms with van der Waals surface area (Å²) in [4.78, 5) is 0. The van der Waals surface area contributed by atoms with Gasteiger partial charge in [-0.15, -0.1) is 0 Å². The van der Waals surface area contributed by atoms with Crippen LogP contribution in [-0.2, 0) is 0 Å².